The van der Waals surface area contributed by atoms with E-state index in [0.717, 1.165) is 27.8 Å². The van der Waals surface area contributed by atoms with Crippen LogP contribution < -0.4 is 0 Å². The summed E-state index contributed by atoms with van der Waals surface area (Å²) in [5.74, 6) is -0.434. The third-order valence-electron chi connectivity index (χ3n) is 3.87. The lowest BCUT2D eigenvalue weighted by Gasteiger charge is -2.12. The number of thioether (sulfide) groups is 1. The molecule has 0 bridgehead atoms. The van der Waals surface area contributed by atoms with Gasteiger partial charge in [0, 0.05) is 11.6 Å². The second-order valence-electron chi connectivity index (χ2n) is 5.51. The van der Waals surface area contributed by atoms with Crippen LogP contribution in [0.5, 0.6) is 0 Å². The van der Waals surface area contributed by atoms with Gasteiger partial charge in [-0.25, -0.2) is 0 Å². The van der Waals surface area contributed by atoms with Crippen LogP contribution in [0.1, 0.15) is 16.7 Å². The van der Waals surface area contributed by atoms with Crippen LogP contribution in [0.4, 0.5) is 10.5 Å². The Hall–Kier alpha value is -2.93. The fraction of sp³-hybridized carbons (Fsp3) is 0.111. The van der Waals surface area contributed by atoms with Gasteiger partial charge in [0.05, 0.1) is 16.4 Å². The van der Waals surface area contributed by atoms with E-state index in [0.29, 0.717) is 10.5 Å². The predicted octanol–water partition coefficient (Wildman–Crippen LogP) is 4.14. The number of imide groups is 1. The fourth-order valence-corrected chi connectivity index (χ4v) is 3.35. The molecule has 3 rings (SSSR count). The van der Waals surface area contributed by atoms with E-state index in [1.807, 2.05) is 31.2 Å². The molecule has 0 N–H and O–H groups in total. The molecule has 0 atom stereocenters. The molecule has 2 amide bonds. The Morgan fingerprint density at radius 1 is 1.12 bits per heavy atom. The predicted molar refractivity (Wildman–Crippen MR) is 95.8 cm³/mol. The third-order valence-corrected chi connectivity index (χ3v) is 4.77. The Labute approximate surface area is 148 Å². The van der Waals surface area contributed by atoms with Crippen molar-refractivity contribution in [1.29, 1.82) is 0 Å². The van der Waals surface area contributed by atoms with Crippen LogP contribution in [0.25, 0.3) is 6.08 Å². The Kier molecular flexibility index (Phi) is 4.67. The van der Waals surface area contributed by atoms with Crippen molar-refractivity contribution in [3.05, 3.63) is 80.2 Å². The van der Waals surface area contributed by atoms with Gasteiger partial charge in [-0.3, -0.25) is 24.6 Å². The number of nitro benzene ring substituents is 1. The number of hydrogen-bond donors (Lipinski definition) is 0. The van der Waals surface area contributed by atoms with Gasteiger partial charge >= 0.3 is 0 Å². The summed E-state index contributed by atoms with van der Waals surface area (Å²) in [5.41, 5.74) is 2.07. The highest BCUT2D eigenvalue weighted by molar-refractivity contribution is 8.18. The van der Waals surface area contributed by atoms with Crippen molar-refractivity contribution in [1.82, 2.24) is 4.90 Å². The molecular weight excluding hydrogens is 340 g/mol. The van der Waals surface area contributed by atoms with Gasteiger partial charge < -0.3 is 0 Å². The maximum absolute atomic E-state index is 12.6. The van der Waals surface area contributed by atoms with E-state index in [2.05, 4.69) is 0 Å². The summed E-state index contributed by atoms with van der Waals surface area (Å²) in [6.07, 6.45) is 1.68. The normalized spacial score (nSPS) is 15.9. The molecule has 7 heteroatoms. The maximum atomic E-state index is 12.6. The van der Waals surface area contributed by atoms with Gasteiger partial charge in [-0.05, 0) is 35.9 Å². The average Bonchev–Trinajstić information content (AvgIpc) is 2.85. The first-order chi connectivity index (χ1) is 12.0. The quantitative estimate of drug-likeness (QED) is 0.468. The third kappa shape index (κ3) is 3.46. The summed E-state index contributed by atoms with van der Waals surface area (Å²) >= 11 is 0.848. The smallest absolute Gasteiger partial charge is 0.268 e. The maximum Gasteiger partial charge on any atom is 0.293 e. The molecule has 1 aliphatic rings. The van der Waals surface area contributed by atoms with Gasteiger partial charge in [0.1, 0.15) is 0 Å². The summed E-state index contributed by atoms with van der Waals surface area (Å²) < 4.78 is 0. The molecular formula is C18H14N2O4S. The highest BCUT2D eigenvalue weighted by Crippen LogP contribution is 2.34. The molecule has 0 spiro atoms. The first-order valence-corrected chi connectivity index (χ1v) is 8.32. The van der Waals surface area contributed by atoms with E-state index in [-0.39, 0.29) is 12.2 Å². The van der Waals surface area contributed by atoms with Gasteiger partial charge in [0.15, 0.2) is 0 Å². The zero-order chi connectivity index (χ0) is 18.0. The minimum absolute atomic E-state index is 0.107. The van der Waals surface area contributed by atoms with Gasteiger partial charge in [0.2, 0.25) is 0 Å². The molecule has 1 aliphatic heterocycles. The summed E-state index contributed by atoms with van der Waals surface area (Å²) in [7, 11) is 0. The highest BCUT2D eigenvalue weighted by Gasteiger charge is 2.36. The molecule has 126 valence electrons. The van der Waals surface area contributed by atoms with Crippen LogP contribution in [0.3, 0.4) is 0 Å². The second kappa shape index (κ2) is 6.90. The lowest BCUT2D eigenvalue weighted by atomic mass is 10.1. The van der Waals surface area contributed by atoms with Gasteiger partial charge in [-0.1, -0.05) is 42.5 Å². The number of carbonyl (C=O) groups is 2. The van der Waals surface area contributed by atoms with Crippen molar-refractivity contribution in [3.63, 3.8) is 0 Å². The first-order valence-electron chi connectivity index (χ1n) is 7.50. The van der Waals surface area contributed by atoms with Crippen molar-refractivity contribution in [2.45, 2.75) is 13.5 Å². The molecule has 1 fully saturated rings. The largest absolute Gasteiger partial charge is 0.293 e. The molecule has 2 aromatic carbocycles. The van der Waals surface area contributed by atoms with E-state index in [1.54, 1.807) is 24.3 Å². The molecule has 0 radical (unpaired) electrons. The van der Waals surface area contributed by atoms with Crippen molar-refractivity contribution in [2.24, 2.45) is 0 Å². The molecule has 0 unspecified atom stereocenters. The molecule has 6 nitrogen and oxygen atoms in total. The van der Waals surface area contributed by atoms with E-state index in [4.69, 9.17) is 0 Å². The Morgan fingerprint density at radius 2 is 1.80 bits per heavy atom. The topological polar surface area (TPSA) is 80.5 Å². The number of amides is 2. The van der Waals surface area contributed by atoms with Gasteiger partial charge in [0.25, 0.3) is 16.8 Å². The Morgan fingerprint density at radius 3 is 2.52 bits per heavy atom. The number of para-hydroxylation sites is 1. The minimum Gasteiger partial charge on any atom is -0.268 e. The number of hydrogen-bond acceptors (Lipinski definition) is 5. The Bertz CT molecular complexity index is 907. The summed E-state index contributed by atoms with van der Waals surface area (Å²) in [5, 5.41) is 10.7. The van der Waals surface area contributed by atoms with E-state index in [9.17, 15) is 19.7 Å². The first kappa shape index (κ1) is 16.9. The zero-order valence-corrected chi connectivity index (χ0v) is 14.2. The summed E-state index contributed by atoms with van der Waals surface area (Å²) in [6, 6.07) is 13.6. The summed E-state index contributed by atoms with van der Waals surface area (Å²) in [4.78, 5) is 36.7. The second-order valence-corrected chi connectivity index (χ2v) is 6.50. The zero-order valence-electron chi connectivity index (χ0n) is 13.3. The number of nitro groups is 1. The number of nitrogens with zero attached hydrogens (tertiary/aromatic N) is 2. The lowest BCUT2D eigenvalue weighted by Crippen LogP contribution is -2.27. The monoisotopic (exact) mass is 354 g/mol. The molecule has 0 aliphatic carbocycles. The van der Waals surface area contributed by atoms with Gasteiger partial charge in [-0.2, -0.15) is 0 Å². The minimum atomic E-state index is -0.516. The van der Waals surface area contributed by atoms with E-state index in [1.165, 1.54) is 6.07 Å². The SMILES string of the molecule is Cc1ccccc1/C=C1\SC(=O)N(Cc2ccccc2[N+](=O)[O-])C1=O. The van der Waals surface area contributed by atoms with Crippen molar-refractivity contribution in [2.75, 3.05) is 0 Å². The molecule has 2 aromatic rings. The van der Waals surface area contributed by atoms with E-state index < -0.39 is 16.1 Å². The molecule has 0 saturated carbocycles. The van der Waals surface area contributed by atoms with Crippen LogP contribution in [-0.2, 0) is 11.3 Å². The van der Waals surface area contributed by atoms with Gasteiger partial charge in [-0.15, -0.1) is 0 Å². The fourth-order valence-electron chi connectivity index (χ4n) is 2.52. The highest BCUT2D eigenvalue weighted by atomic mass is 32.2. The molecule has 1 saturated heterocycles. The van der Waals surface area contributed by atoms with Crippen LogP contribution in [-0.4, -0.2) is 21.0 Å². The average molecular weight is 354 g/mol. The van der Waals surface area contributed by atoms with Crippen molar-refractivity contribution in [3.8, 4) is 0 Å². The number of carbonyl (C=O) groups excluding carboxylic acids is 2. The van der Waals surface area contributed by atoms with Crippen LogP contribution in [0.2, 0.25) is 0 Å². The standard InChI is InChI=1S/C18H14N2O4S/c1-12-6-2-3-7-13(12)10-16-17(21)19(18(22)25-16)11-14-8-4-5-9-15(14)20(23)24/h2-10H,11H2,1H3/b16-10-. The summed E-state index contributed by atoms with van der Waals surface area (Å²) in [6.45, 7) is 1.80. The van der Waals surface area contributed by atoms with E-state index >= 15 is 0 Å². The lowest BCUT2D eigenvalue weighted by molar-refractivity contribution is -0.385. The van der Waals surface area contributed by atoms with Crippen LogP contribution in [0, 0.1) is 17.0 Å². The van der Waals surface area contributed by atoms with Crippen molar-refractivity contribution < 1.29 is 14.5 Å². The molecule has 1 heterocycles. The number of aryl methyl sites for hydroxylation is 1. The molecule has 25 heavy (non-hydrogen) atoms. The van der Waals surface area contributed by atoms with Crippen LogP contribution >= 0.6 is 11.8 Å². The van der Waals surface area contributed by atoms with Crippen LogP contribution in [0.15, 0.2) is 53.4 Å². The molecule has 0 aromatic heterocycles. The van der Waals surface area contributed by atoms with Crippen molar-refractivity contribution >= 4 is 34.7 Å². The number of rotatable bonds is 4. The number of benzene rings is 2. The Balaban J connectivity index is 1.88.